The zero-order valence-corrected chi connectivity index (χ0v) is 13.4. The fourth-order valence-corrected chi connectivity index (χ4v) is 3.51. The standard InChI is InChI=1S/C15H23FN2O2S/c1-4-9-18(10-5-2)21(19,20)14-7-8-15(16)13(11-14)12-17-6-3/h4,7-8,11,17H,1,5-6,9-10,12H2,2-3H3. The summed E-state index contributed by atoms with van der Waals surface area (Å²) in [7, 11) is -3.62. The highest BCUT2D eigenvalue weighted by Gasteiger charge is 2.23. The molecule has 0 heterocycles. The molecule has 0 saturated carbocycles. The number of sulfonamides is 1. The van der Waals surface area contributed by atoms with Crippen LogP contribution in [-0.4, -0.2) is 32.4 Å². The summed E-state index contributed by atoms with van der Waals surface area (Å²) in [5, 5.41) is 3.00. The Balaban J connectivity index is 3.14. The van der Waals surface area contributed by atoms with Crippen LogP contribution >= 0.6 is 0 Å². The minimum absolute atomic E-state index is 0.118. The number of nitrogens with zero attached hydrogens (tertiary/aromatic N) is 1. The Bertz CT molecular complexity index is 573. The van der Waals surface area contributed by atoms with Crippen LogP contribution < -0.4 is 5.32 Å². The van der Waals surface area contributed by atoms with E-state index in [-0.39, 0.29) is 11.4 Å². The molecule has 0 aliphatic carbocycles. The molecule has 1 N–H and O–H groups in total. The van der Waals surface area contributed by atoms with Gasteiger partial charge in [-0.3, -0.25) is 0 Å². The van der Waals surface area contributed by atoms with Crippen molar-refractivity contribution in [1.82, 2.24) is 9.62 Å². The van der Waals surface area contributed by atoms with Crippen molar-refractivity contribution >= 4 is 10.0 Å². The van der Waals surface area contributed by atoms with Gasteiger partial charge in [-0.05, 0) is 31.2 Å². The van der Waals surface area contributed by atoms with Gasteiger partial charge in [0.25, 0.3) is 0 Å². The first-order valence-electron chi connectivity index (χ1n) is 7.07. The quantitative estimate of drug-likeness (QED) is 0.713. The smallest absolute Gasteiger partial charge is 0.243 e. The van der Waals surface area contributed by atoms with Crippen LogP contribution in [0, 0.1) is 5.82 Å². The van der Waals surface area contributed by atoms with Crippen molar-refractivity contribution in [3.05, 3.63) is 42.2 Å². The molecule has 118 valence electrons. The van der Waals surface area contributed by atoms with Gasteiger partial charge in [-0.25, -0.2) is 12.8 Å². The lowest BCUT2D eigenvalue weighted by molar-refractivity contribution is 0.441. The summed E-state index contributed by atoms with van der Waals surface area (Å²) < 4.78 is 40.2. The fourth-order valence-electron chi connectivity index (χ4n) is 1.96. The van der Waals surface area contributed by atoms with E-state index < -0.39 is 15.8 Å². The van der Waals surface area contributed by atoms with Crippen LogP contribution in [0.1, 0.15) is 25.8 Å². The van der Waals surface area contributed by atoms with Crippen molar-refractivity contribution in [1.29, 1.82) is 0 Å². The van der Waals surface area contributed by atoms with Crippen LogP contribution in [0.4, 0.5) is 4.39 Å². The predicted molar refractivity (Wildman–Crippen MR) is 83.0 cm³/mol. The maximum atomic E-state index is 13.7. The van der Waals surface area contributed by atoms with Crippen molar-refractivity contribution in [2.75, 3.05) is 19.6 Å². The Kier molecular flexibility index (Phi) is 7.01. The van der Waals surface area contributed by atoms with E-state index in [0.29, 0.717) is 31.6 Å². The summed E-state index contributed by atoms with van der Waals surface area (Å²) in [6.07, 6.45) is 2.26. The molecule has 0 atom stereocenters. The van der Waals surface area contributed by atoms with Gasteiger partial charge in [0.2, 0.25) is 10.0 Å². The van der Waals surface area contributed by atoms with Gasteiger partial charge in [0.1, 0.15) is 5.82 Å². The highest BCUT2D eigenvalue weighted by Crippen LogP contribution is 2.19. The maximum absolute atomic E-state index is 13.7. The SMILES string of the molecule is C=CCN(CCC)S(=O)(=O)c1ccc(F)c(CNCC)c1. The number of benzene rings is 1. The number of halogens is 1. The fraction of sp³-hybridized carbons (Fsp3) is 0.467. The second kappa shape index (κ2) is 8.26. The molecule has 1 aromatic rings. The molecular formula is C15H23FN2O2S. The van der Waals surface area contributed by atoms with E-state index in [9.17, 15) is 12.8 Å². The number of rotatable bonds is 9. The molecule has 0 aliphatic rings. The van der Waals surface area contributed by atoms with E-state index in [0.717, 1.165) is 0 Å². The highest BCUT2D eigenvalue weighted by molar-refractivity contribution is 7.89. The zero-order chi connectivity index (χ0) is 15.9. The Labute approximate surface area is 126 Å². The van der Waals surface area contributed by atoms with Crippen molar-refractivity contribution < 1.29 is 12.8 Å². The Morgan fingerprint density at radius 2 is 2.10 bits per heavy atom. The normalized spacial score (nSPS) is 11.8. The molecule has 0 spiro atoms. The van der Waals surface area contributed by atoms with E-state index in [1.54, 1.807) is 6.08 Å². The summed E-state index contributed by atoms with van der Waals surface area (Å²) >= 11 is 0. The largest absolute Gasteiger partial charge is 0.313 e. The third-order valence-electron chi connectivity index (χ3n) is 3.03. The van der Waals surface area contributed by atoms with Crippen LogP contribution in [0.3, 0.4) is 0 Å². The molecule has 0 radical (unpaired) electrons. The topological polar surface area (TPSA) is 49.4 Å². The van der Waals surface area contributed by atoms with Crippen LogP contribution in [0.5, 0.6) is 0 Å². The average molecular weight is 314 g/mol. The van der Waals surface area contributed by atoms with E-state index >= 15 is 0 Å². The molecule has 1 rings (SSSR count). The Morgan fingerprint density at radius 1 is 1.38 bits per heavy atom. The molecule has 0 saturated heterocycles. The lowest BCUT2D eigenvalue weighted by Crippen LogP contribution is -2.32. The first-order chi connectivity index (χ1) is 9.97. The Hall–Kier alpha value is -1.24. The molecule has 0 unspecified atom stereocenters. The molecule has 0 bridgehead atoms. The van der Waals surface area contributed by atoms with Crippen LogP contribution in [0.15, 0.2) is 35.7 Å². The van der Waals surface area contributed by atoms with Gasteiger partial charge in [0, 0.05) is 25.2 Å². The third-order valence-corrected chi connectivity index (χ3v) is 4.89. The highest BCUT2D eigenvalue weighted by atomic mass is 32.2. The summed E-state index contributed by atoms with van der Waals surface area (Å²) in [4.78, 5) is 0.118. The number of nitrogens with one attached hydrogen (secondary N) is 1. The minimum atomic E-state index is -3.62. The van der Waals surface area contributed by atoms with Crippen molar-refractivity contribution in [3.63, 3.8) is 0 Å². The summed E-state index contributed by atoms with van der Waals surface area (Å²) in [6, 6.07) is 3.92. The van der Waals surface area contributed by atoms with Gasteiger partial charge in [0.15, 0.2) is 0 Å². The van der Waals surface area contributed by atoms with Gasteiger partial charge < -0.3 is 5.32 Å². The predicted octanol–water partition coefficient (Wildman–Crippen LogP) is 2.52. The molecule has 4 nitrogen and oxygen atoms in total. The number of hydrogen-bond donors (Lipinski definition) is 1. The van der Waals surface area contributed by atoms with Crippen LogP contribution in [0.25, 0.3) is 0 Å². The second-order valence-electron chi connectivity index (χ2n) is 4.69. The molecule has 21 heavy (non-hydrogen) atoms. The van der Waals surface area contributed by atoms with Crippen molar-refractivity contribution in [3.8, 4) is 0 Å². The van der Waals surface area contributed by atoms with Gasteiger partial charge in [-0.2, -0.15) is 4.31 Å². The zero-order valence-electron chi connectivity index (χ0n) is 12.6. The monoisotopic (exact) mass is 314 g/mol. The average Bonchev–Trinajstić information content (AvgIpc) is 2.46. The maximum Gasteiger partial charge on any atom is 0.243 e. The van der Waals surface area contributed by atoms with E-state index in [1.807, 2.05) is 13.8 Å². The molecule has 1 aromatic carbocycles. The van der Waals surface area contributed by atoms with E-state index in [4.69, 9.17) is 0 Å². The van der Waals surface area contributed by atoms with Gasteiger partial charge in [-0.15, -0.1) is 6.58 Å². The molecule has 0 aliphatic heterocycles. The van der Waals surface area contributed by atoms with Crippen molar-refractivity contribution in [2.24, 2.45) is 0 Å². The summed E-state index contributed by atoms with van der Waals surface area (Å²) in [5.41, 5.74) is 0.355. The molecule has 0 fully saturated rings. The summed E-state index contributed by atoms with van der Waals surface area (Å²) in [5.74, 6) is -0.402. The molecule has 0 amide bonds. The lowest BCUT2D eigenvalue weighted by atomic mass is 10.2. The van der Waals surface area contributed by atoms with Gasteiger partial charge in [0.05, 0.1) is 4.90 Å². The van der Waals surface area contributed by atoms with Gasteiger partial charge in [-0.1, -0.05) is 19.9 Å². The first-order valence-corrected chi connectivity index (χ1v) is 8.51. The number of hydrogen-bond acceptors (Lipinski definition) is 3. The molecular weight excluding hydrogens is 291 g/mol. The van der Waals surface area contributed by atoms with E-state index in [2.05, 4.69) is 11.9 Å². The minimum Gasteiger partial charge on any atom is -0.313 e. The lowest BCUT2D eigenvalue weighted by Gasteiger charge is -2.20. The first kappa shape index (κ1) is 17.8. The van der Waals surface area contributed by atoms with Crippen LogP contribution in [-0.2, 0) is 16.6 Å². The molecule has 6 heteroatoms. The molecule has 0 aromatic heterocycles. The summed E-state index contributed by atoms with van der Waals surface area (Å²) in [6.45, 7) is 9.06. The second-order valence-corrected chi connectivity index (χ2v) is 6.62. The van der Waals surface area contributed by atoms with Crippen molar-refractivity contribution in [2.45, 2.75) is 31.7 Å². The van der Waals surface area contributed by atoms with Crippen LogP contribution in [0.2, 0.25) is 0 Å². The van der Waals surface area contributed by atoms with E-state index in [1.165, 1.54) is 22.5 Å². The Morgan fingerprint density at radius 3 is 2.67 bits per heavy atom. The van der Waals surface area contributed by atoms with Gasteiger partial charge >= 0.3 is 0 Å². The third kappa shape index (κ3) is 4.62.